The van der Waals surface area contributed by atoms with Crippen LogP contribution in [-0.4, -0.2) is 30.4 Å². The zero-order valence-electron chi connectivity index (χ0n) is 12.0. The molecule has 0 bridgehead atoms. The normalized spacial score (nSPS) is 13.1. The van der Waals surface area contributed by atoms with Gasteiger partial charge in [-0.3, -0.25) is 4.79 Å². The van der Waals surface area contributed by atoms with Gasteiger partial charge in [-0.15, -0.1) is 0 Å². The molecule has 1 N–H and O–H groups in total. The highest BCUT2D eigenvalue weighted by molar-refractivity contribution is 5.70. The molecule has 0 aromatic heterocycles. The lowest BCUT2D eigenvalue weighted by molar-refractivity contribution is -0.144. The van der Waals surface area contributed by atoms with Crippen molar-refractivity contribution in [2.24, 2.45) is 0 Å². The number of aliphatic hydroxyl groups is 1. The summed E-state index contributed by atoms with van der Waals surface area (Å²) in [5.41, 5.74) is 1.82. The quantitative estimate of drug-likeness (QED) is 0.451. The van der Waals surface area contributed by atoms with Gasteiger partial charge in [0.2, 0.25) is 0 Å². The molecule has 1 aromatic carbocycles. The van der Waals surface area contributed by atoms with Gasteiger partial charge < -0.3 is 14.6 Å². The van der Waals surface area contributed by atoms with E-state index in [1.54, 1.807) is 19.9 Å². The second kappa shape index (κ2) is 9.28. The Hall–Kier alpha value is -1.65. The Morgan fingerprint density at radius 1 is 1.35 bits per heavy atom. The smallest absolute Gasteiger partial charge is 0.308 e. The number of hydrogen-bond donors (Lipinski definition) is 1. The fourth-order valence-electron chi connectivity index (χ4n) is 1.62. The third-order valence-electron chi connectivity index (χ3n) is 2.83. The van der Waals surface area contributed by atoms with Gasteiger partial charge in [-0.05, 0) is 25.0 Å². The van der Waals surface area contributed by atoms with Gasteiger partial charge in [0.15, 0.2) is 0 Å². The van der Waals surface area contributed by atoms with Crippen LogP contribution in [0.25, 0.3) is 0 Å². The van der Waals surface area contributed by atoms with E-state index < -0.39 is 12.1 Å². The number of carbonyl (C=O) groups is 1. The van der Waals surface area contributed by atoms with Crippen LogP contribution in [0.1, 0.15) is 25.8 Å². The van der Waals surface area contributed by atoms with E-state index in [2.05, 4.69) is 0 Å². The number of benzene rings is 1. The first kappa shape index (κ1) is 16.4. The molecule has 1 unspecified atom stereocenters. The van der Waals surface area contributed by atoms with Gasteiger partial charge in [0.1, 0.15) is 0 Å². The van der Waals surface area contributed by atoms with Crippen molar-refractivity contribution in [3.8, 4) is 0 Å². The Morgan fingerprint density at radius 2 is 2.05 bits per heavy atom. The van der Waals surface area contributed by atoms with Gasteiger partial charge in [0.05, 0.1) is 32.3 Å². The van der Waals surface area contributed by atoms with E-state index in [1.807, 2.05) is 30.3 Å². The predicted molar refractivity (Wildman–Crippen MR) is 77.1 cm³/mol. The first-order valence-corrected chi connectivity index (χ1v) is 6.75. The Labute approximate surface area is 120 Å². The summed E-state index contributed by atoms with van der Waals surface area (Å²) >= 11 is 0. The van der Waals surface area contributed by atoms with Crippen LogP contribution in [0.15, 0.2) is 42.0 Å². The number of aliphatic hydroxyl groups excluding tert-OH is 1. The minimum atomic E-state index is -0.811. The minimum absolute atomic E-state index is 0.0190. The summed E-state index contributed by atoms with van der Waals surface area (Å²) in [7, 11) is 0. The summed E-state index contributed by atoms with van der Waals surface area (Å²) in [5, 5.41) is 9.81. The lowest BCUT2D eigenvalue weighted by Gasteiger charge is -2.10. The fourth-order valence-corrected chi connectivity index (χ4v) is 1.62. The summed E-state index contributed by atoms with van der Waals surface area (Å²) in [6.07, 6.45) is 0.955. The highest BCUT2D eigenvalue weighted by atomic mass is 16.5. The first-order valence-electron chi connectivity index (χ1n) is 6.75. The Bertz CT molecular complexity index is 425. The third kappa shape index (κ3) is 6.50. The summed E-state index contributed by atoms with van der Waals surface area (Å²) in [5.74, 6) is -0.391. The summed E-state index contributed by atoms with van der Waals surface area (Å²) in [6.45, 7) is 4.77. The topological polar surface area (TPSA) is 55.8 Å². The summed E-state index contributed by atoms with van der Waals surface area (Å²) in [6, 6.07) is 9.86. The maximum absolute atomic E-state index is 11.2. The lowest BCUT2D eigenvalue weighted by atomic mass is 10.1. The molecular formula is C16H22O4. The van der Waals surface area contributed by atoms with Crippen LogP contribution in [0, 0.1) is 0 Å². The molecule has 0 spiro atoms. The number of rotatable bonds is 8. The Morgan fingerprint density at radius 3 is 2.70 bits per heavy atom. The molecule has 0 fully saturated rings. The van der Waals surface area contributed by atoms with Gasteiger partial charge in [0, 0.05) is 0 Å². The molecule has 1 atom stereocenters. The van der Waals surface area contributed by atoms with Crippen molar-refractivity contribution in [1.29, 1.82) is 0 Å². The molecule has 0 heterocycles. The molecular weight excluding hydrogens is 256 g/mol. The molecule has 0 saturated carbocycles. The van der Waals surface area contributed by atoms with Gasteiger partial charge in [-0.25, -0.2) is 0 Å². The Balaban J connectivity index is 2.28. The molecule has 1 rings (SSSR count). The zero-order valence-corrected chi connectivity index (χ0v) is 12.0. The van der Waals surface area contributed by atoms with E-state index in [0.717, 1.165) is 5.56 Å². The van der Waals surface area contributed by atoms with Crippen molar-refractivity contribution in [3.05, 3.63) is 47.5 Å². The summed E-state index contributed by atoms with van der Waals surface area (Å²) in [4.78, 5) is 11.2. The fraction of sp³-hybridized carbons (Fsp3) is 0.438. The maximum Gasteiger partial charge on any atom is 0.308 e. The maximum atomic E-state index is 11.2. The van der Waals surface area contributed by atoms with Crippen molar-refractivity contribution in [3.63, 3.8) is 0 Å². The van der Waals surface area contributed by atoms with Crippen LogP contribution in [0.4, 0.5) is 0 Å². The van der Waals surface area contributed by atoms with E-state index in [4.69, 9.17) is 9.47 Å². The van der Waals surface area contributed by atoms with E-state index in [1.165, 1.54) is 0 Å². The third-order valence-corrected chi connectivity index (χ3v) is 2.83. The van der Waals surface area contributed by atoms with E-state index in [9.17, 15) is 9.90 Å². The molecule has 0 saturated heterocycles. The highest BCUT2D eigenvalue weighted by Crippen LogP contribution is 2.07. The monoisotopic (exact) mass is 278 g/mol. The average molecular weight is 278 g/mol. The van der Waals surface area contributed by atoms with Crippen molar-refractivity contribution in [2.45, 2.75) is 33.0 Å². The predicted octanol–water partition coefficient (Wildman–Crippen LogP) is 2.46. The second-order valence-corrected chi connectivity index (χ2v) is 4.47. The molecule has 0 aliphatic carbocycles. The standard InChI is InChI=1S/C16H22O4/c1-3-20-16(18)11-15(17)13(2)9-10-19-12-14-7-5-4-6-8-14/h4-9,15,17H,3,10-12H2,1-2H3/b13-9+. The summed E-state index contributed by atoms with van der Waals surface area (Å²) < 4.78 is 10.3. The van der Waals surface area contributed by atoms with Crippen LogP contribution in [0.5, 0.6) is 0 Å². The van der Waals surface area contributed by atoms with E-state index in [-0.39, 0.29) is 6.42 Å². The van der Waals surface area contributed by atoms with Crippen molar-refractivity contribution >= 4 is 5.97 Å². The number of carbonyl (C=O) groups excluding carboxylic acids is 1. The average Bonchev–Trinajstić information content (AvgIpc) is 2.44. The molecule has 0 radical (unpaired) electrons. The zero-order chi connectivity index (χ0) is 14.8. The van der Waals surface area contributed by atoms with Gasteiger partial charge >= 0.3 is 5.97 Å². The van der Waals surface area contributed by atoms with E-state index in [0.29, 0.717) is 25.4 Å². The largest absolute Gasteiger partial charge is 0.466 e. The lowest BCUT2D eigenvalue weighted by Crippen LogP contribution is -2.17. The van der Waals surface area contributed by atoms with Gasteiger partial charge in [-0.2, -0.15) is 0 Å². The first-order chi connectivity index (χ1) is 9.63. The van der Waals surface area contributed by atoms with E-state index >= 15 is 0 Å². The molecule has 110 valence electrons. The highest BCUT2D eigenvalue weighted by Gasteiger charge is 2.12. The van der Waals surface area contributed by atoms with Crippen LogP contribution in [0.2, 0.25) is 0 Å². The van der Waals surface area contributed by atoms with Gasteiger partial charge in [-0.1, -0.05) is 36.4 Å². The molecule has 0 amide bonds. The number of ether oxygens (including phenoxy) is 2. The molecule has 4 nitrogen and oxygen atoms in total. The SMILES string of the molecule is CCOC(=O)CC(O)/C(C)=C/COCc1ccccc1. The van der Waals surface area contributed by atoms with Crippen LogP contribution >= 0.6 is 0 Å². The van der Waals surface area contributed by atoms with Crippen molar-refractivity contribution in [2.75, 3.05) is 13.2 Å². The number of hydrogen-bond acceptors (Lipinski definition) is 4. The van der Waals surface area contributed by atoms with Gasteiger partial charge in [0.25, 0.3) is 0 Å². The van der Waals surface area contributed by atoms with Crippen molar-refractivity contribution in [1.82, 2.24) is 0 Å². The second-order valence-electron chi connectivity index (χ2n) is 4.47. The molecule has 4 heteroatoms. The van der Waals surface area contributed by atoms with Crippen LogP contribution < -0.4 is 0 Å². The number of esters is 1. The molecule has 1 aromatic rings. The van der Waals surface area contributed by atoms with Crippen molar-refractivity contribution < 1.29 is 19.4 Å². The van der Waals surface area contributed by atoms with Crippen LogP contribution in [-0.2, 0) is 20.9 Å². The Kier molecular flexibility index (Phi) is 7.62. The molecule has 0 aliphatic heterocycles. The minimum Gasteiger partial charge on any atom is -0.466 e. The molecule has 0 aliphatic rings. The van der Waals surface area contributed by atoms with Crippen LogP contribution in [0.3, 0.4) is 0 Å². The molecule has 20 heavy (non-hydrogen) atoms.